The molecule has 42 heavy (non-hydrogen) atoms. The van der Waals surface area contributed by atoms with Crippen LogP contribution in [0.1, 0.15) is 107 Å². The topological polar surface area (TPSA) is 168 Å². The van der Waals surface area contributed by atoms with Gasteiger partial charge in [0.05, 0.1) is 14.4 Å². The van der Waals surface area contributed by atoms with Crippen molar-refractivity contribution in [3.05, 3.63) is 0 Å². The van der Waals surface area contributed by atoms with Crippen LogP contribution in [0.4, 0.5) is 0 Å². The van der Waals surface area contributed by atoms with E-state index in [4.69, 9.17) is 15.9 Å². The van der Waals surface area contributed by atoms with Gasteiger partial charge in [-0.3, -0.25) is 9.59 Å². The van der Waals surface area contributed by atoms with Crippen molar-refractivity contribution in [2.45, 2.75) is 103 Å². The van der Waals surface area contributed by atoms with Crippen molar-refractivity contribution in [2.75, 3.05) is 13.2 Å². The zero-order valence-electron chi connectivity index (χ0n) is 25.5. The van der Waals surface area contributed by atoms with E-state index in [1.54, 1.807) is 0 Å². The molecule has 0 radical (unpaired) electrons. The molecular formula is C29H54NNa2O9P. The van der Waals surface area contributed by atoms with Gasteiger partial charge in [-0.05, 0) is 41.9 Å². The molecule has 236 valence electrons. The molecule has 0 heterocycles. The fourth-order valence-electron chi connectivity index (χ4n) is 3.06. The van der Waals surface area contributed by atoms with Crippen LogP contribution in [0.25, 0.3) is 0 Å². The Bertz CT molecular complexity index is 1050. The molecule has 10 nitrogen and oxygen atoms in total. The van der Waals surface area contributed by atoms with Crippen LogP contribution in [0.15, 0.2) is 0 Å². The molecular weight excluding hydrogens is 583 g/mol. The molecule has 0 aliphatic heterocycles. The van der Waals surface area contributed by atoms with E-state index in [1.165, 1.54) is 58.3 Å². The average molecular weight is 638 g/mol. The summed E-state index contributed by atoms with van der Waals surface area (Å²) < 4.78 is 24.8. The molecule has 1 atom stereocenters. The van der Waals surface area contributed by atoms with E-state index in [0.717, 1.165) is 19.3 Å². The molecule has 0 fully saturated rings. The van der Waals surface area contributed by atoms with Crippen LogP contribution in [0.5, 0.6) is 0 Å². The number of unbranched alkanes of at least 4 members (excludes halogenated alkanes) is 11. The second-order valence-electron chi connectivity index (χ2n) is 8.60. The Morgan fingerprint density at radius 3 is 1.76 bits per heavy atom. The van der Waals surface area contributed by atoms with Crippen molar-refractivity contribution in [3.63, 3.8) is 0 Å². The standard InChI is InChI=1S/C27H37O8P.C2H5NO.2Na.7H2/c1-3-5-7-9-11-12-13-14-15-16-18-20-22-27(29)35-25(24-34-36(30,31)32)23-33-26(28)21-19-17-10-8-6-4-2;1-2(3)4;;;;;;;;;/h2,25H,3,5,7,9,11-16,18,20,22-24H2,1H3,(H2,30,31,32);1H3,(H2,3,4);;;7*1H/q;;2*+1;;;;;;;/p-2/t25-;;;;;;;;;;/m1........../s1. The molecule has 0 unspecified atom stereocenters. The fourth-order valence-corrected chi connectivity index (χ4v) is 3.41. The second-order valence-corrected chi connectivity index (χ2v) is 9.75. The van der Waals surface area contributed by atoms with Gasteiger partial charge < -0.3 is 34.1 Å². The first-order chi connectivity index (χ1) is 19.0. The Morgan fingerprint density at radius 2 is 1.29 bits per heavy atom. The quantitative estimate of drug-likeness (QED) is 0.0431. The van der Waals surface area contributed by atoms with Crippen LogP contribution in [-0.2, 0) is 32.9 Å². The molecule has 0 saturated carbocycles. The van der Waals surface area contributed by atoms with E-state index < -0.39 is 39.1 Å². The maximum Gasteiger partial charge on any atom is 1.00 e. The Hall–Kier alpha value is -1.24. The van der Waals surface area contributed by atoms with Gasteiger partial charge in [0.25, 0.3) is 0 Å². The van der Waals surface area contributed by atoms with Gasteiger partial charge in [-0.25, -0.2) is 4.79 Å². The SMILES string of the molecule is C#CC#CC#CC#CC(=O)OC[C@H](COP(=O)([O-])[O-])OC(=O)CCCCCCCCCCCCCC.CC(N)=O.[HH].[HH].[HH].[HH].[HH].[HH].[HH].[Na+].[Na+]. The normalized spacial score (nSPS) is 9.88. The van der Waals surface area contributed by atoms with Gasteiger partial charge in [-0.1, -0.05) is 77.6 Å². The van der Waals surface area contributed by atoms with Crippen molar-refractivity contribution in [3.8, 4) is 47.9 Å². The number of carbonyl (C=O) groups is 3. The summed E-state index contributed by atoms with van der Waals surface area (Å²) in [5.41, 5.74) is 4.47. The fraction of sp³-hybridized carbons (Fsp3) is 0.621. The molecule has 0 spiro atoms. The number of carbonyl (C=O) groups excluding carboxylic acids is 3. The van der Waals surface area contributed by atoms with Gasteiger partial charge in [-0.2, -0.15) is 0 Å². The number of esters is 2. The second kappa shape index (κ2) is 34.3. The van der Waals surface area contributed by atoms with Crippen LogP contribution in [0.2, 0.25) is 0 Å². The van der Waals surface area contributed by atoms with Crippen LogP contribution in [0.3, 0.4) is 0 Å². The van der Waals surface area contributed by atoms with E-state index in [-0.39, 0.29) is 81.4 Å². The molecule has 0 aromatic carbocycles. The van der Waals surface area contributed by atoms with Gasteiger partial charge in [0.1, 0.15) is 6.61 Å². The minimum Gasteiger partial charge on any atom is -0.790 e. The minimum atomic E-state index is -5.30. The Kier molecular flexibility index (Phi) is 38.9. The molecule has 1 amide bonds. The molecule has 13 heteroatoms. The Morgan fingerprint density at radius 1 is 0.833 bits per heavy atom. The molecule has 2 N–H and O–H groups in total. The monoisotopic (exact) mass is 637 g/mol. The number of phosphoric acid groups is 1. The van der Waals surface area contributed by atoms with Crippen LogP contribution in [-0.4, -0.2) is 37.2 Å². The van der Waals surface area contributed by atoms with E-state index in [2.05, 4.69) is 58.6 Å². The first-order valence-electron chi connectivity index (χ1n) is 13.3. The van der Waals surface area contributed by atoms with Gasteiger partial charge in [0.15, 0.2) is 6.10 Å². The average Bonchev–Trinajstić information content (AvgIpc) is 2.87. The molecule has 0 aromatic heterocycles. The number of hydrogen-bond donors (Lipinski definition) is 1. The van der Waals surface area contributed by atoms with E-state index in [9.17, 15) is 28.7 Å². The number of rotatable bonds is 19. The molecule has 0 aliphatic rings. The van der Waals surface area contributed by atoms with E-state index in [0.29, 0.717) is 6.42 Å². The summed E-state index contributed by atoms with van der Waals surface area (Å²) in [5.74, 6) is 13.5. The number of terminal acetylenes is 1. The number of nitrogens with two attached hydrogens (primary N) is 1. The van der Waals surface area contributed by atoms with Crippen molar-refractivity contribution in [2.24, 2.45) is 5.73 Å². The number of ether oxygens (including phenoxy) is 2. The predicted octanol–water partition coefficient (Wildman–Crippen LogP) is -1.76. The zero-order valence-corrected chi connectivity index (χ0v) is 30.4. The molecule has 0 saturated heterocycles. The van der Waals surface area contributed by atoms with Crippen LogP contribution in [0, 0.1) is 47.9 Å². The first kappa shape index (κ1) is 47.7. The van der Waals surface area contributed by atoms with Gasteiger partial charge in [-0.15, -0.1) is 6.42 Å². The first-order valence-corrected chi connectivity index (χ1v) is 14.7. The summed E-state index contributed by atoms with van der Waals surface area (Å²) in [4.78, 5) is 54.4. The summed E-state index contributed by atoms with van der Waals surface area (Å²) >= 11 is 0. The van der Waals surface area contributed by atoms with Gasteiger partial charge in [0.2, 0.25) is 5.91 Å². The van der Waals surface area contributed by atoms with Gasteiger partial charge >= 0.3 is 71.1 Å². The van der Waals surface area contributed by atoms with Crippen LogP contribution < -0.4 is 74.6 Å². The third kappa shape index (κ3) is 43.2. The summed E-state index contributed by atoms with van der Waals surface area (Å²) in [7, 11) is -5.30. The number of phosphoric ester groups is 1. The summed E-state index contributed by atoms with van der Waals surface area (Å²) in [6, 6.07) is 0. The van der Waals surface area contributed by atoms with Crippen molar-refractivity contribution in [1.82, 2.24) is 0 Å². The van der Waals surface area contributed by atoms with Crippen molar-refractivity contribution in [1.29, 1.82) is 0 Å². The van der Waals surface area contributed by atoms with Crippen LogP contribution >= 0.6 is 7.82 Å². The third-order valence-corrected chi connectivity index (χ3v) is 5.30. The molecule has 0 bridgehead atoms. The maximum absolute atomic E-state index is 12.1. The van der Waals surface area contributed by atoms with Crippen molar-refractivity contribution >= 4 is 25.7 Å². The molecule has 0 aromatic rings. The third-order valence-electron chi connectivity index (χ3n) is 4.84. The van der Waals surface area contributed by atoms with E-state index in [1.807, 2.05) is 0 Å². The predicted molar refractivity (Wildman–Crippen MR) is 162 cm³/mol. The summed E-state index contributed by atoms with van der Waals surface area (Å²) in [5, 5.41) is 0. The Balaban J connectivity index is -0.000000116. The van der Waals surface area contributed by atoms with Gasteiger partial charge in [0, 0.05) is 29.3 Å². The largest absolute Gasteiger partial charge is 1.00 e. The number of hydrogen-bond acceptors (Lipinski definition) is 9. The summed E-state index contributed by atoms with van der Waals surface area (Å²) in [6.45, 7) is 2.21. The number of amides is 1. The molecule has 0 aliphatic carbocycles. The van der Waals surface area contributed by atoms with E-state index >= 15 is 0 Å². The van der Waals surface area contributed by atoms with Crippen molar-refractivity contribution < 1.29 is 112 Å². The smallest absolute Gasteiger partial charge is 0.790 e. The molecule has 0 rings (SSSR count). The Labute approximate surface area is 305 Å². The summed E-state index contributed by atoms with van der Waals surface area (Å²) in [6.07, 6.45) is 17.5. The minimum absolute atomic E-state index is 0. The zero-order chi connectivity index (χ0) is 30.5. The maximum atomic E-state index is 12.1. The number of primary amides is 1.